The van der Waals surface area contributed by atoms with Crippen molar-refractivity contribution < 1.29 is 12.8 Å². The molecule has 0 radical (unpaired) electrons. The van der Waals surface area contributed by atoms with Crippen LogP contribution in [0.2, 0.25) is 0 Å². The molecule has 1 fully saturated rings. The number of sulfonamides is 1. The second-order valence-corrected chi connectivity index (χ2v) is 8.69. The Bertz CT molecular complexity index is 480. The molecule has 1 aromatic heterocycles. The molecule has 0 aliphatic carbocycles. The van der Waals surface area contributed by atoms with Crippen LogP contribution in [0.3, 0.4) is 0 Å². The van der Waals surface area contributed by atoms with Crippen LogP contribution in [0.25, 0.3) is 0 Å². The second kappa shape index (κ2) is 5.34. The minimum atomic E-state index is -3.37. The summed E-state index contributed by atoms with van der Waals surface area (Å²) < 4.78 is 39.5. The molecular weight excluding hydrogens is 329 g/mol. The maximum absolute atomic E-state index is 12.5. The third kappa shape index (κ3) is 2.89. The van der Waals surface area contributed by atoms with Crippen LogP contribution >= 0.6 is 27.3 Å². The Morgan fingerprint density at radius 3 is 2.53 bits per heavy atom. The van der Waals surface area contributed by atoms with Crippen molar-refractivity contribution in [2.45, 2.75) is 17.1 Å². The highest BCUT2D eigenvalue weighted by Crippen LogP contribution is 2.30. The zero-order chi connectivity index (χ0) is 12.5. The Hall–Kier alpha value is 0.0200. The Morgan fingerprint density at radius 2 is 2.06 bits per heavy atom. The average Bonchev–Trinajstić information content (AvgIpc) is 2.77. The highest BCUT2D eigenvalue weighted by molar-refractivity contribution is 9.11. The van der Waals surface area contributed by atoms with Crippen molar-refractivity contribution in [1.29, 1.82) is 0 Å². The molecule has 1 aromatic rings. The van der Waals surface area contributed by atoms with Gasteiger partial charge in [-0.2, -0.15) is 4.31 Å². The Balaban J connectivity index is 2.12. The number of thiophene rings is 1. The van der Waals surface area contributed by atoms with Gasteiger partial charge in [0.15, 0.2) is 0 Å². The lowest BCUT2D eigenvalue weighted by atomic mass is 10.0. The summed E-state index contributed by atoms with van der Waals surface area (Å²) in [6, 6.07) is 3.33. The van der Waals surface area contributed by atoms with Crippen molar-refractivity contribution in [3.05, 3.63) is 15.9 Å². The summed E-state index contributed by atoms with van der Waals surface area (Å²) in [6.45, 7) is 0.497. The fourth-order valence-electron chi connectivity index (χ4n) is 1.87. The van der Waals surface area contributed by atoms with Crippen LogP contribution < -0.4 is 0 Å². The maximum Gasteiger partial charge on any atom is 0.252 e. The monoisotopic (exact) mass is 341 g/mol. The zero-order valence-electron chi connectivity index (χ0n) is 9.10. The van der Waals surface area contributed by atoms with Crippen molar-refractivity contribution in [2.24, 2.45) is 5.92 Å². The van der Waals surface area contributed by atoms with E-state index in [-0.39, 0.29) is 12.6 Å². The highest BCUT2D eigenvalue weighted by atomic mass is 79.9. The van der Waals surface area contributed by atoms with Crippen molar-refractivity contribution in [3.63, 3.8) is 0 Å². The summed E-state index contributed by atoms with van der Waals surface area (Å²) in [5.74, 6) is 0.0246. The van der Waals surface area contributed by atoms with E-state index < -0.39 is 10.0 Å². The zero-order valence-corrected chi connectivity index (χ0v) is 12.3. The molecule has 2 heterocycles. The summed E-state index contributed by atoms with van der Waals surface area (Å²) in [5.41, 5.74) is 0. The van der Waals surface area contributed by atoms with Crippen LogP contribution in [0.4, 0.5) is 4.39 Å². The van der Waals surface area contributed by atoms with Crippen LogP contribution in [0.15, 0.2) is 20.1 Å². The van der Waals surface area contributed by atoms with E-state index in [9.17, 15) is 12.8 Å². The van der Waals surface area contributed by atoms with Gasteiger partial charge in [0.1, 0.15) is 4.21 Å². The van der Waals surface area contributed by atoms with E-state index in [1.54, 1.807) is 12.1 Å². The van der Waals surface area contributed by atoms with Gasteiger partial charge in [-0.25, -0.2) is 8.42 Å². The van der Waals surface area contributed by atoms with Gasteiger partial charge in [-0.05, 0) is 46.8 Å². The fourth-order valence-corrected chi connectivity index (χ4v) is 5.50. The number of halogens is 2. The quantitative estimate of drug-likeness (QED) is 0.847. The average molecular weight is 342 g/mol. The third-order valence-electron chi connectivity index (χ3n) is 2.93. The van der Waals surface area contributed by atoms with Gasteiger partial charge in [0, 0.05) is 13.1 Å². The molecule has 0 spiro atoms. The number of alkyl halides is 1. The van der Waals surface area contributed by atoms with Gasteiger partial charge in [-0.3, -0.25) is 4.39 Å². The lowest BCUT2D eigenvalue weighted by molar-refractivity contribution is 0.233. The normalized spacial score (nSPS) is 19.6. The minimum absolute atomic E-state index is 0.0246. The number of hydrogen-bond acceptors (Lipinski definition) is 3. The number of piperidine rings is 1. The van der Waals surface area contributed by atoms with Gasteiger partial charge in [0.25, 0.3) is 10.0 Å². The summed E-state index contributed by atoms with van der Waals surface area (Å²) in [7, 11) is -3.37. The van der Waals surface area contributed by atoms with Gasteiger partial charge in [0.05, 0.1) is 10.5 Å². The van der Waals surface area contributed by atoms with Crippen molar-refractivity contribution in [3.8, 4) is 0 Å². The Kier molecular flexibility index (Phi) is 4.22. The molecule has 1 aliphatic rings. The smallest absolute Gasteiger partial charge is 0.251 e. The molecule has 1 saturated heterocycles. The van der Waals surface area contributed by atoms with Crippen molar-refractivity contribution in [2.75, 3.05) is 19.8 Å². The van der Waals surface area contributed by atoms with E-state index in [0.717, 1.165) is 3.79 Å². The van der Waals surface area contributed by atoms with Gasteiger partial charge in [-0.1, -0.05) is 0 Å². The summed E-state index contributed by atoms with van der Waals surface area (Å²) >= 11 is 4.46. The summed E-state index contributed by atoms with van der Waals surface area (Å²) in [6.07, 6.45) is 1.23. The van der Waals surface area contributed by atoms with Gasteiger partial charge >= 0.3 is 0 Å². The van der Waals surface area contributed by atoms with Gasteiger partial charge < -0.3 is 0 Å². The van der Waals surface area contributed by atoms with E-state index in [1.165, 1.54) is 15.6 Å². The van der Waals surface area contributed by atoms with Crippen molar-refractivity contribution in [1.82, 2.24) is 4.31 Å². The molecule has 0 unspecified atom stereocenters. The lowest BCUT2D eigenvalue weighted by Gasteiger charge is -2.29. The summed E-state index contributed by atoms with van der Waals surface area (Å²) in [5, 5.41) is 0. The van der Waals surface area contributed by atoms with E-state index in [2.05, 4.69) is 15.9 Å². The number of rotatable bonds is 3. The molecule has 96 valence electrons. The maximum atomic E-state index is 12.5. The van der Waals surface area contributed by atoms with Crippen LogP contribution in [0, 0.1) is 5.92 Å². The van der Waals surface area contributed by atoms with Crippen LogP contribution in [-0.4, -0.2) is 32.5 Å². The Morgan fingerprint density at radius 1 is 1.41 bits per heavy atom. The van der Waals surface area contributed by atoms with Crippen LogP contribution in [0.5, 0.6) is 0 Å². The molecule has 0 N–H and O–H groups in total. The largest absolute Gasteiger partial charge is 0.252 e. The molecule has 0 amide bonds. The predicted molar refractivity (Wildman–Crippen MR) is 69.5 cm³/mol. The first-order valence-electron chi connectivity index (χ1n) is 5.35. The van der Waals surface area contributed by atoms with Gasteiger partial charge in [-0.15, -0.1) is 11.3 Å². The molecule has 0 saturated carbocycles. The molecule has 3 nitrogen and oxygen atoms in total. The first-order valence-corrected chi connectivity index (χ1v) is 8.40. The Labute approximate surface area is 113 Å². The molecule has 0 bridgehead atoms. The summed E-state index contributed by atoms with van der Waals surface area (Å²) in [4.78, 5) is 0. The highest BCUT2D eigenvalue weighted by Gasteiger charge is 2.30. The first-order chi connectivity index (χ1) is 8.04. The number of hydrogen-bond donors (Lipinski definition) is 0. The molecule has 2 rings (SSSR count). The molecule has 17 heavy (non-hydrogen) atoms. The molecule has 7 heteroatoms. The predicted octanol–water partition coefficient (Wildman–Crippen LogP) is 2.88. The molecule has 0 aromatic carbocycles. The third-order valence-corrected chi connectivity index (χ3v) is 6.92. The topological polar surface area (TPSA) is 37.4 Å². The molecular formula is C10H13BrFNO2S2. The van der Waals surface area contributed by atoms with Crippen molar-refractivity contribution >= 4 is 37.3 Å². The lowest BCUT2D eigenvalue weighted by Crippen LogP contribution is -2.38. The first kappa shape index (κ1) is 13.5. The second-order valence-electron chi connectivity index (χ2n) is 4.06. The van der Waals surface area contributed by atoms with Crippen LogP contribution in [0.1, 0.15) is 12.8 Å². The van der Waals surface area contributed by atoms with Gasteiger partial charge in [0.2, 0.25) is 0 Å². The molecule has 1 aliphatic heterocycles. The van der Waals surface area contributed by atoms with E-state index in [0.29, 0.717) is 30.1 Å². The van der Waals surface area contributed by atoms with Crippen LogP contribution in [-0.2, 0) is 10.0 Å². The SMILES string of the molecule is O=S(=O)(c1ccc(Br)s1)N1CCC(CF)CC1. The van der Waals surface area contributed by atoms with E-state index in [1.807, 2.05) is 0 Å². The van der Waals surface area contributed by atoms with E-state index >= 15 is 0 Å². The fraction of sp³-hybridized carbons (Fsp3) is 0.600. The standard InChI is InChI=1S/C10H13BrFNO2S2/c11-9-1-2-10(16-9)17(14,15)13-5-3-8(7-12)4-6-13/h1-2,8H,3-7H2. The number of nitrogens with zero attached hydrogens (tertiary/aromatic N) is 1. The molecule has 0 atom stereocenters. The minimum Gasteiger partial charge on any atom is -0.251 e. The van der Waals surface area contributed by atoms with E-state index in [4.69, 9.17) is 0 Å².